The monoisotopic (exact) mass is 667 g/mol. The van der Waals surface area contributed by atoms with E-state index >= 15 is 0 Å². The highest BCUT2D eigenvalue weighted by Crippen LogP contribution is 2.34. The van der Waals surface area contributed by atoms with Crippen LogP contribution in [0.1, 0.15) is 58.4 Å². The summed E-state index contributed by atoms with van der Waals surface area (Å²) >= 11 is 6.07. The Bertz CT molecular complexity index is 1610. The van der Waals surface area contributed by atoms with Gasteiger partial charge in [0.15, 0.2) is 0 Å². The van der Waals surface area contributed by atoms with Crippen LogP contribution in [0.5, 0.6) is 0 Å². The number of hydrogen-bond donors (Lipinski definition) is 0. The highest BCUT2D eigenvalue weighted by molar-refractivity contribution is 7.89. The molecular formula is C36H46ClN3O5S. The molecule has 0 bridgehead atoms. The highest BCUT2D eigenvalue weighted by Gasteiger charge is 2.45. The molecule has 5 rings (SSSR count). The fourth-order valence-electron chi connectivity index (χ4n) is 6.56. The molecule has 2 aliphatic heterocycles. The van der Waals surface area contributed by atoms with Gasteiger partial charge in [-0.3, -0.25) is 9.69 Å². The molecule has 2 aromatic carbocycles. The number of piperidine rings is 1. The summed E-state index contributed by atoms with van der Waals surface area (Å²) in [5.74, 6) is 0.206. The maximum Gasteiger partial charge on any atom is 0.331 e. The second-order valence-corrected chi connectivity index (χ2v) is 16.0. The Morgan fingerprint density at radius 1 is 0.978 bits per heavy atom. The zero-order valence-electron chi connectivity index (χ0n) is 27.2. The van der Waals surface area contributed by atoms with E-state index in [2.05, 4.69) is 4.90 Å². The fraction of sp³-hybridized carbons (Fsp3) is 0.500. The van der Waals surface area contributed by atoms with Crippen molar-refractivity contribution in [3.63, 3.8) is 0 Å². The molecule has 2 aromatic rings. The number of esters is 1. The minimum Gasteiger partial charge on any atom is -0.458 e. The van der Waals surface area contributed by atoms with Gasteiger partial charge in [-0.2, -0.15) is 4.31 Å². The number of benzene rings is 2. The van der Waals surface area contributed by atoms with Gasteiger partial charge in [-0.1, -0.05) is 66.3 Å². The summed E-state index contributed by atoms with van der Waals surface area (Å²) in [4.78, 5) is 30.4. The summed E-state index contributed by atoms with van der Waals surface area (Å²) in [7, 11) is -3.47. The van der Waals surface area contributed by atoms with Crippen molar-refractivity contribution in [3.05, 3.63) is 77.4 Å². The third-order valence-electron chi connectivity index (χ3n) is 9.17. The first kappa shape index (κ1) is 34.4. The minimum absolute atomic E-state index is 0.0837. The van der Waals surface area contributed by atoms with Gasteiger partial charge in [-0.05, 0) is 100.0 Å². The van der Waals surface area contributed by atoms with Crippen LogP contribution in [0.25, 0.3) is 16.8 Å². The van der Waals surface area contributed by atoms with Gasteiger partial charge in [-0.25, -0.2) is 13.2 Å². The van der Waals surface area contributed by atoms with Gasteiger partial charge in [0.25, 0.3) is 0 Å². The van der Waals surface area contributed by atoms with Crippen LogP contribution in [0.4, 0.5) is 0 Å². The number of allylic oxidation sites excluding steroid dienone is 2. The number of sulfonamides is 1. The van der Waals surface area contributed by atoms with E-state index in [1.807, 2.05) is 87.5 Å². The van der Waals surface area contributed by atoms with Gasteiger partial charge in [0.05, 0.1) is 5.75 Å². The van der Waals surface area contributed by atoms with Crippen molar-refractivity contribution in [3.8, 4) is 0 Å². The quantitative estimate of drug-likeness (QED) is 0.302. The number of fused-ring (bicyclic) bond motifs is 1. The maximum absolute atomic E-state index is 13.3. The highest BCUT2D eigenvalue weighted by atomic mass is 35.5. The smallest absolute Gasteiger partial charge is 0.331 e. The predicted molar refractivity (Wildman–Crippen MR) is 185 cm³/mol. The van der Waals surface area contributed by atoms with Crippen LogP contribution in [-0.4, -0.2) is 90.6 Å². The summed E-state index contributed by atoms with van der Waals surface area (Å²) in [6.45, 7) is 8.67. The number of ether oxygens (including phenoxy) is 1. The lowest BCUT2D eigenvalue weighted by molar-refractivity contribution is -0.167. The summed E-state index contributed by atoms with van der Waals surface area (Å²) in [5.41, 5.74) is -0.402. The fourth-order valence-corrected chi connectivity index (χ4v) is 8.01. The van der Waals surface area contributed by atoms with E-state index in [0.29, 0.717) is 50.0 Å². The molecule has 248 valence electrons. The molecule has 0 radical (unpaired) electrons. The van der Waals surface area contributed by atoms with E-state index in [0.717, 1.165) is 48.7 Å². The van der Waals surface area contributed by atoms with E-state index in [1.54, 1.807) is 11.0 Å². The van der Waals surface area contributed by atoms with Gasteiger partial charge in [0, 0.05) is 37.6 Å². The van der Waals surface area contributed by atoms with Crippen LogP contribution in [0, 0.1) is 5.92 Å². The van der Waals surface area contributed by atoms with Gasteiger partial charge >= 0.3 is 5.97 Å². The van der Waals surface area contributed by atoms with Crippen molar-refractivity contribution in [2.45, 2.75) is 64.0 Å². The Morgan fingerprint density at radius 3 is 2.35 bits per heavy atom. The SMILES string of the molecule is CC(C)(C)OC(=O)C1(N2CCC(CCC(=O)N3CCN(S(=O)(=O)CC=Cc4ccc5cc(Cl)ccc5c4)CC3)CC2)C=CC=CC1. The molecule has 8 nitrogen and oxygen atoms in total. The first-order valence-electron chi connectivity index (χ1n) is 16.3. The first-order chi connectivity index (χ1) is 21.8. The zero-order valence-corrected chi connectivity index (χ0v) is 28.7. The maximum atomic E-state index is 13.3. The standard InChI is InChI=1S/C36H46ClN3O5S/c1-35(2,3)45-34(42)36(17-5-4-6-18-36)39-19-15-28(16-20-39)10-14-33(41)38-21-23-40(24-22-38)46(43,44)25-7-8-29-9-11-31-27-32(37)13-12-30(31)26-29/h4-9,11-13,17,26-28H,10,14-16,18-25H2,1-3H3. The number of rotatable bonds is 9. The Kier molecular flexibility index (Phi) is 10.8. The molecule has 0 spiro atoms. The average molecular weight is 668 g/mol. The lowest BCUT2D eigenvalue weighted by atomic mass is 9.84. The zero-order chi connectivity index (χ0) is 33.0. The molecule has 10 heteroatoms. The molecule has 2 heterocycles. The summed E-state index contributed by atoms with van der Waals surface area (Å²) in [6.07, 6.45) is 15.1. The number of nitrogens with zero attached hydrogens (tertiary/aromatic N) is 3. The third kappa shape index (κ3) is 8.48. The van der Waals surface area contributed by atoms with Crippen LogP contribution < -0.4 is 0 Å². The van der Waals surface area contributed by atoms with Gasteiger partial charge < -0.3 is 9.64 Å². The van der Waals surface area contributed by atoms with E-state index in [-0.39, 0.29) is 17.6 Å². The Hall–Kier alpha value is -2.98. The Labute approximate surface area is 278 Å². The Morgan fingerprint density at radius 2 is 1.67 bits per heavy atom. The van der Waals surface area contributed by atoms with Crippen molar-refractivity contribution in [2.24, 2.45) is 5.92 Å². The average Bonchev–Trinajstić information content (AvgIpc) is 3.03. The van der Waals surface area contributed by atoms with E-state index < -0.39 is 21.2 Å². The second kappa shape index (κ2) is 14.4. The van der Waals surface area contributed by atoms with Crippen molar-refractivity contribution in [2.75, 3.05) is 45.0 Å². The Balaban J connectivity index is 1.05. The molecular weight excluding hydrogens is 622 g/mol. The molecule has 46 heavy (non-hydrogen) atoms. The summed E-state index contributed by atoms with van der Waals surface area (Å²) in [6, 6.07) is 11.6. The van der Waals surface area contributed by atoms with Gasteiger partial charge in [0.1, 0.15) is 11.1 Å². The number of carbonyl (C=O) groups is 2. The molecule has 3 aliphatic rings. The van der Waals surface area contributed by atoms with Crippen molar-refractivity contribution in [1.82, 2.24) is 14.1 Å². The predicted octanol–water partition coefficient (Wildman–Crippen LogP) is 6.07. The number of halogens is 1. The van der Waals surface area contributed by atoms with Crippen LogP contribution in [0.15, 0.2) is 66.8 Å². The molecule has 1 amide bonds. The number of hydrogen-bond acceptors (Lipinski definition) is 6. The number of likely N-dealkylation sites (tertiary alicyclic amines) is 1. The van der Waals surface area contributed by atoms with Crippen molar-refractivity contribution < 1.29 is 22.7 Å². The van der Waals surface area contributed by atoms with Crippen LogP contribution in [0.3, 0.4) is 0 Å². The molecule has 1 atom stereocenters. The van der Waals surface area contributed by atoms with E-state index in [9.17, 15) is 18.0 Å². The normalized spacial score (nSPS) is 22.1. The van der Waals surface area contributed by atoms with Gasteiger partial charge in [-0.15, -0.1) is 0 Å². The van der Waals surface area contributed by atoms with Crippen LogP contribution in [-0.2, 0) is 24.3 Å². The lowest BCUT2D eigenvalue weighted by Crippen LogP contribution is -2.57. The molecule has 0 aromatic heterocycles. The number of amides is 1. The third-order valence-corrected chi connectivity index (χ3v) is 11.2. The molecule has 0 N–H and O–H groups in total. The minimum atomic E-state index is -3.47. The molecule has 2 saturated heterocycles. The number of carbonyl (C=O) groups excluding carboxylic acids is 2. The van der Waals surface area contributed by atoms with E-state index in [4.69, 9.17) is 16.3 Å². The van der Waals surface area contributed by atoms with Crippen molar-refractivity contribution >= 4 is 50.3 Å². The molecule has 1 unspecified atom stereocenters. The van der Waals surface area contributed by atoms with Crippen molar-refractivity contribution in [1.29, 1.82) is 0 Å². The van der Waals surface area contributed by atoms with Crippen LogP contribution in [0.2, 0.25) is 5.02 Å². The summed E-state index contributed by atoms with van der Waals surface area (Å²) in [5, 5.41) is 2.76. The lowest BCUT2D eigenvalue weighted by Gasteiger charge is -2.45. The largest absolute Gasteiger partial charge is 0.458 e. The van der Waals surface area contributed by atoms with Gasteiger partial charge in [0.2, 0.25) is 15.9 Å². The topological polar surface area (TPSA) is 87.2 Å². The van der Waals surface area contributed by atoms with Crippen LogP contribution >= 0.6 is 11.6 Å². The molecule has 2 fully saturated rings. The molecule has 0 saturated carbocycles. The number of piperazine rings is 1. The first-order valence-corrected chi connectivity index (χ1v) is 18.3. The summed E-state index contributed by atoms with van der Waals surface area (Å²) < 4.78 is 33.4. The second-order valence-electron chi connectivity index (χ2n) is 13.6. The van der Waals surface area contributed by atoms with E-state index in [1.165, 1.54) is 4.31 Å². The molecule has 1 aliphatic carbocycles.